The number of hydrogen-bond donors (Lipinski definition) is 1. The number of rotatable bonds is 5. The van der Waals surface area contributed by atoms with Crippen molar-refractivity contribution in [3.05, 3.63) is 77.7 Å². The second-order valence-corrected chi connectivity index (χ2v) is 5.83. The molecule has 6 heteroatoms. The van der Waals surface area contributed by atoms with Crippen LogP contribution in [0.15, 0.2) is 60.7 Å². The number of nitrogens with zero attached hydrogens (tertiary/aromatic N) is 3. The van der Waals surface area contributed by atoms with E-state index in [0.29, 0.717) is 18.1 Å². The molecule has 1 amide bonds. The van der Waals surface area contributed by atoms with Crippen LogP contribution < -0.4 is 10.2 Å². The minimum absolute atomic E-state index is 0.220. The standard InChI is InChI=1S/C20H19FN4O/c1-3-25(17-9-4-6-14(2)12-17)20(26)18-10-11-19(24-23-18)22-16-8-5-7-15(21)13-16/h4-13H,3H2,1-2H3,(H,22,24). The molecule has 1 aromatic heterocycles. The first-order valence-corrected chi connectivity index (χ1v) is 8.31. The average molecular weight is 350 g/mol. The maximum Gasteiger partial charge on any atom is 0.278 e. The quantitative estimate of drug-likeness (QED) is 0.744. The molecule has 2 aromatic carbocycles. The summed E-state index contributed by atoms with van der Waals surface area (Å²) >= 11 is 0. The van der Waals surface area contributed by atoms with Gasteiger partial charge in [-0.3, -0.25) is 4.79 Å². The van der Waals surface area contributed by atoms with Crippen LogP contribution in [-0.2, 0) is 0 Å². The van der Waals surface area contributed by atoms with E-state index in [1.54, 1.807) is 29.2 Å². The second-order valence-electron chi connectivity index (χ2n) is 5.83. The number of nitrogens with one attached hydrogen (secondary N) is 1. The van der Waals surface area contributed by atoms with E-state index in [2.05, 4.69) is 15.5 Å². The van der Waals surface area contributed by atoms with E-state index in [9.17, 15) is 9.18 Å². The molecule has 0 aliphatic rings. The minimum Gasteiger partial charge on any atom is -0.339 e. The number of anilines is 3. The molecular weight excluding hydrogens is 331 g/mol. The lowest BCUT2D eigenvalue weighted by molar-refractivity contribution is 0.0982. The Bertz CT molecular complexity index is 912. The zero-order valence-electron chi connectivity index (χ0n) is 14.6. The summed E-state index contributed by atoms with van der Waals surface area (Å²) in [5, 5.41) is 11.0. The van der Waals surface area contributed by atoms with Crippen molar-refractivity contribution in [1.29, 1.82) is 0 Å². The maximum atomic E-state index is 13.2. The Balaban J connectivity index is 1.77. The first-order chi connectivity index (χ1) is 12.6. The number of amides is 1. The number of halogens is 1. The molecule has 0 aliphatic heterocycles. The van der Waals surface area contributed by atoms with Crippen LogP contribution in [0.25, 0.3) is 0 Å². The van der Waals surface area contributed by atoms with Gasteiger partial charge >= 0.3 is 0 Å². The smallest absolute Gasteiger partial charge is 0.278 e. The fraction of sp³-hybridized carbons (Fsp3) is 0.150. The van der Waals surface area contributed by atoms with E-state index in [1.807, 2.05) is 38.1 Å². The van der Waals surface area contributed by atoms with E-state index in [1.165, 1.54) is 12.1 Å². The molecule has 0 spiro atoms. The van der Waals surface area contributed by atoms with Crippen LogP contribution in [0.4, 0.5) is 21.6 Å². The van der Waals surface area contributed by atoms with Gasteiger partial charge in [0.1, 0.15) is 5.82 Å². The highest BCUT2D eigenvalue weighted by Crippen LogP contribution is 2.19. The summed E-state index contributed by atoms with van der Waals surface area (Å²) in [5.41, 5.74) is 2.71. The monoisotopic (exact) mass is 350 g/mol. The van der Waals surface area contributed by atoms with Gasteiger partial charge in [-0.15, -0.1) is 10.2 Å². The molecular formula is C20H19FN4O. The van der Waals surface area contributed by atoms with Crippen molar-refractivity contribution in [2.24, 2.45) is 0 Å². The number of carbonyl (C=O) groups is 1. The minimum atomic E-state index is -0.341. The van der Waals surface area contributed by atoms with Gasteiger partial charge in [0, 0.05) is 17.9 Å². The van der Waals surface area contributed by atoms with E-state index >= 15 is 0 Å². The van der Waals surface area contributed by atoms with Gasteiger partial charge in [0.2, 0.25) is 0 Å². The van der Waals surface area contributed by atoms with Crippen LogP contribution in [0, 0.1) is 12.7 Å². The van der Waals surface area contributed by atoms with Crippen molar-refractivity contribution in [3.8, 4) is 0 Å². The molecule has 5 nitrogen and oxygen atoms in total. The van der Waals surface area contributed by atoms with E-state index in [-0.39, 0.29) is 17.4 Å². The number of carbonyl (C=O) groups excluding carboxylic acids is 1. The lowest BCUT2D eigenvalue weighted by Crippen LogP contribution is -2.31. The number of hydrogen-bond acceptors (Lipinski definition) is 4. The first kappa shape index (κ1) is 17.5. The lowest BCUT2D eigenvalue weighted by atomic mass is 10.2. The van der Waals surface area contributed by atoms with Crippen LogP contribution in [0.1, 0.15) is 23.0 Å². The van der Waals surface area contributed by atoms with Crippen molar-refractivity contribution < 1.29 is 9.18 Å². The SMILES string of the molecule is CCN(C(=O)c1ccc(Nc2cccc(F)c2)nn1)c1cccc(C)c1. The van der Waals surface area contributed by atoms with Crippen LogP contribution in [0.5, 0.6) is 0 Å². The van der Waals surface area contributed by atoms with Crippen molar-refractivity contribution in [3.63, 3.8) is 0 Å². The number of aromatic nitrogens is 2. The molecule has 0 radical (unpaired) electrons. The van der Waals surface area contributed by atoms with Crippen LogP contribution in [0.3, 0.4) is 0 Å². The fourth-order valence-electron chi connectivity index (χ4n) is 2.60. The molecule has 3 aromatic rings. The van der Waals surface area contributed by atoms with Gasteiger partial charge < -0.3 is 10.2 Å². The molecule has 0 fully saturated rings. The zero-order valence-corrected chi connectivity index (χ0v) is 14.6. The molecule has 0 saturated carbocycles. The van der Waals surface area contributed by atoms with Gasteiger partial charge in [0.25, 0.3) is 5.91 Å². The molecule has 1 N–H and O–H groups in total. The molecule has 3 rings (SSSR count). The Morgan fingerprint density at radius 3 is 2.54 bits per heavy atom. The number of aryl methyl sites for hydroxylation is 1. The van der Waals surface area contributed by atoms with Crippen LogP contribution in [0.2, 0.25) is 0 Å². The largest absolute Gasteiger partial charge is 0.339 e. The Hall–Kier alpha value is -3.28. The molecule has 0 unspecified atom stereocenters. The van der Waals surface area contributed by atoms with Crippen LogP contribution >= 0.6 is 0 Å². The molecule has 0 aliphatic carbocycles. The highest BCUT2D eigenvalue weighted by atomic mass is 19.1. The van der Waals surface area contributed by atoms with Gasteiger partial charge in [-0.1, -0.05) is 18.2 Å². The predicted octanol–water partition coefficient (Wildman–Crippen LogP) is 4.33. The summed E-state index contributed by atoms with van der Waals surface area (Å²) < 4.78 is 13.2. The second kappa shape index (κ2) is 7.74. The third-order valence-electron chi connectivity index (χ3n) is 3.86. The van der Waals surface area contributed by atoms with Crippen LogP contribution in [-0.4, -0.2) is 22.6 Å². The third-order valence-corrected chi connectivity index (χ3v) is 3.86. The molecule has 1 heterocycles. The third kappa shape index (κ3) is 4.03. The highest BCUT2D eigenvalue weighted by molar-refractivity contribution is 6.04. The van der Waals surface area contributed by atoms with Crippen molar-refractivity contribution in [2.75, 3.05) is 16.8 Å². The normalized spacial score (nSPS) is 10.4. The van der Waals surface area contributed by atoms with E-state index < -0.39 is 0 Å². The van der Waals surface area contributed by atoms with Crippen molar-refractivity contribution in [2.45, 2.75) is 13.8 Å². The average Bonchev–Trinajstić information content (AvgIpc) is 2.63. The molecule has 0 saturated heterocycles. The predicted molar refractivity (Wildman–Crippen MR) is 100 cm³/mol. The Kier molecular flexibility index (Phi) is 5.22. The molecule has 132 valence electrons. The summed E-state index contributed by atoms with van der Waals surface area (Å²) in [7, 11) is 0. The summed E-state index contributed by atoms with van der Waals surface area (Å²) in [6.45, 7) is 4.41. The summed E-state index contributed by atoms with van der Waals surface area (Å²) in [5.74, 6) is -0.125. The van der Waals surface area contributed by atoms with Gasteiger partial charge in [0.05, 0.1) is 0 Å². The first-order valence-electron chi connectivity index (χ1n) is 8.31. The Morgan fingerprint density at radius 2 is 1.88 bits per heavy atom. The molecule has 26 heavy (non-hydrogen) atoms. The Morgan fingerprint density at radius 1 is 1.08 bits per heavy atom. The summed E-state index contributed by atoms with van der Waals surface area (Å²) in [6, 6.07) is 17.0. The zero-order chi connectivity index (χ0) is 18.5. The van der Waals surface area contributed by atoms with Gasteiger partial charge in [-0.05, 0) is 61.9 Å². The van der Waals surface area contributed by atoms with Gasteiger partial charge in [0.15, 0.2) is 11.5 Å². The summed E-state index contributed by atoms with van der Waals surface area (Å²) in [4.78, 5) is 14.4. The van der Waals surface area contributed by atoms with E-state index in [0.717, 1.165) is 11.3 Å². The Labute approximate surface area is 151 Å². The van der Waals surface area contributed by atoms with Gasteiger partial charge in [-0.25, -0.2) is 4.39 Å². The molecule has 0 bridgehead atoms. The van der Waals surface area contributed by atoms with Gasteiger partial charge in [-0.2, -0.15) is 0 Å². The number of benzene rings is 2. The topological polar surface area (TPSA) is 58.1 Å². The maximum absolute atomic E-state index is 13.2. The fourth-order valence-corrected chi connectivity index (χ4v) is 2.60. The highest BCUT2D eigenvalue weighted by Gasteiger charge is 2.18. The van der Waals surface area contributed by atoms with Crippen molar-refractivity contribution >= 4 is 23.1 Å². The van der Waals surface area contributed by atoms with E-state index in [4.69, 9.17) is 0 Å². The molecule has 0 atom stereocenters. The van der Waals surface area contributed by atoms with Crippen molar-refractivity contribution in [1.82, 2.24) is 10.2 Å². The lowest BCUT2D eigenvalue weighted by Gasteiger charge is -2.20. The summed E-state index contributed by atoms with van der Waals surface area (Å²) in [6.07, 6.45) is 0.